The summed E-state index contributed by atoms with van der Waals surface area (Å²) in [6.07, 6.45) is 8.07. The van der Waals surface area contributed by atoms with Crippen LogP contribution in [0.4, 0.5) is 5.69 Å². The average molecular weight is 388 g/mol. The van der Waals surface area contributed by atoms with Gasteiger partial charge in [-0.3, -0.25) is 9.97 Å². The zero-order valence-electron chi connectivity index (χ0n) is 16.4. The van der Waals surface area contributed by atoms with Gasteiger partial charge in [-0.2, -0.15) is 0 Å². The molecule has 0 amide bonds. The molecule has 0 saturated heterocycles. The fraction of sp³-hybridized carbons (Fsp3) is 0.0385. The number of hydrogen-bond acceptors (Lipinski definition) is 4. The minimum atomic E-state index is 0.713. The molecule has 2 aromatic carbocycles. The number of fused-ring (bicyclic) bond motifs is 1. The third-order valence-electron chi connectivity index (χ3n) is 5.32. The van der Waals surface area contributed by atoms with Gasteiger partial charge in [0.15, 0.2) is 0 Å². The summed E-state index contributed by atoms with van der Waals surface area (Å²) in [5, 5.41) is 1.14. The van der Waals surface area contributed by atoms with Crippen molar-refractivity contribution in [3.05, 3.63) is 109 Å². The summed E-state index contributed by atoms with van der Waals surface area (Å²) in [5.41, 5.74) is 14.5. The number of nitrogens with two attached hydrogens (primary N) is 1. The average Bonchev–Trinajstić information content (AvgIpc) is 2.80. The van der Waals surface area contributed by atoms with Gasteiger partial charge in [0.05, 0.1) is 11.2 Å². The van der Waals surface area contributed by atoms with Gasteiger partial charge in [0.1, 0.15) is 0 Å². The second-order valence-corrected chi connectivity index (χ2v) is 7.19. The maximum Gasteiger partial charge on any atom is 0.0811 e. The number of rotatable bonds is 4. The second kappa shape index (κ2) is 7.76. The van der Waals surface area contributed by atoms with Crippen LogP contribution in [0, 0.1) is 0 Å². The molecule has 0 radical (unpaired) electrons. The van der Waals surface area contributed by atoms with Gasteiger partial charge in [-0.25, -0.2) is 4.98 Å². The standard InChI is InChI=1S/C26H20N4/c27-23-7-3-1-6-21(23)26-25(19-11-15-29-16-12-19)22(17-18-9-13-28-14-10-18)20-5-2-4-8-24(20)30-26/h1-16H,17,27H2. The molecule has 0 bridgehead atoms. The molecule has 30 heavy (non-hydrogen) atoms. The monoisotopic (exact) mass is 388 g/mol. The molecule has 3 heterocycles. The zero-order chi connectivity index (χ0) is 20.3. The van der Waals surface area contributed by atoms with E-state index in [1.807, 2.05) is 67.3 Å². The SMILES string of the molecule is Nc1ccccc1-c1nc2ccccc2c(Cc2ccncc2)c1-c1ccncc1. The van der Waals surface area contributed by atoms with E-state index >= 15 is 0 Å². The molecule has 0 aliphatic carbocycles. The van der Waals surface area contributed by atoms with Crippen molar-refractivity contribution >= 4 is 16.6 Å². The zero-order valence-corrected chi connectivity index (χ0v) is 16.4. The second-order valence-electron chi connectivity index (χ2n) is 7.19. The van der Waals surface area contributed by atoms with Crippen LogP contribution in [-0.4, -0.2) is 15.0 Å². The first-order valence-electron chi connectivity index (χ1n) is 9.87. The molecule has 0 atom stereocenters. The summed E-state index contributed by atoms with van der Waals surface area (Å²) < 4.78 is 0. The summed E-state index contributed by atoms with van der Waals surface area (Å²) in [7, 11) is 0. The van der Waals surface area contributed by atoms with Gasteiger partial charge in [0.2, 0.25) is 0 Å². The Morgan fingerprint density at radius 2 is 1.37 bits per heavy atom. The summed E-state index contributed by atoms with van der Waals surface area (Å²) >= 11 is 0. The van der Waals surface area contributed by atoms with E-state index < -0.39 is 0 Å². The van der Waals surface area contributed by atoms with Crippen molar-refractivity contribution in [3.8, 4) is 22.4 Å². The Labute approximate surface area is 175 Å². The molecule has 0 spiro atoms. The quantitative estimate of drug-likeness (QED) is 0.411. The molecule has 0 saturated carbocycles. The predicted molar refractivity (Wildman–Crippen MR) is 122 cm³/mol. The normalized spacial score (nSPS) is 10.9. The van der Waals surface area contributed by atoms with Crippen molar-refractivity contribution < 1.29 is 0 Å². The first kappa shape index (κ1) is 18.0. The Morgan fingerprint density at radius 3 is 2.13 bits per heavy atom. The Balaban J connectivity index is 1.88. The molecule has 3 aromatic heterocycles. The molecule has 0 aliphatic heterocycles. The minimum absolute atomic E-state index is 0.713. The van der Waals surface area contributed by atoms with Crippen molar-refractivity contribution in [2.45, 2.75) is 6.42 Å². The van der Waals surface area contributed by atoms with E-state index in [0.29, 0.717) is 5.69 Å². The van der Waals surface area contributed by atoms with Gasteiger partial charge in [0.25, 0.3) is 0 Å². The van der Waals surface area contributed by atoms with Crippen molar-refractivity contribution in [3.63, 3.8) is 0 Å². The van der Waals surface area contributed by atoms with Crippen LogP contribution in [0.3, 0.4) is 0 Å². The minimum Gasteiger partial charge on any atom is -0.398 e. The molecule has 5 rings (SSSR count). The lowest BCUT2D eigenvalue weighted by atomic mass is 9.89. The molecule has 4 nitrogen and oxygen atoms in total. The molecular weight excluding hydrogens is 368 g/mol. The van der Waals surface area contributed by atoms with Crippen molar-refractivity contribution in [2.75, 3.05) is 5.73 Å². The fourth-order valence-corrected chi connectivity index (χ4v) is 3.91. The smallest absolute Gasteiger partial charge is 0.0811 e. The van der Waals surface area contributed by atoms with E-state index in [1.54, 1.807) is 0 Å². The van der Waals surface area contributed by atoms with Gasteiger partial charge in [-0.15, -0.1) is 0 Å². The van der Waals surface area contributed by atoms with Gasteiger partial charge in [-0.05, 0) is 59.5 Å². The first-order valence-corrected chi connectivity index (χ1v) is 9.87. The van der Waals surface area contributed by atoms with Crippen LogP contribution in [0.1, 0.15) is 11.1 Å². The Bertz CT molecular complexity index is 1320. The van der Waals surface area contributed by atoms with Gasteiger partial charge in [0, 0.05) is 47.0 Å². The topological polar surface area (TPSA) is 64.7 Å². The van der Waals surface area contributed by atoms with Crippen LogP contribution in [-0.2, 0) is 6.42 Å². The summed E-state index contributed by atoms with van der Waals surface area (Å²) in [4.78, 5) is 13.5. The van der Waals surface area contributed by atoms with Crippen LogP contribution < -0.4 is 5.73 Å². The van der Waals surface area contributed by atoms with Crippen molar-refractivity contribution in [1.29, 1.82) is 0 Å². The highest BCUT2D eigenvalue weighted by atomic mass is 14.7. The Morgan fingerprint density at radius 1 is 0.700 bits per heavy atom. The molecule has 4 heteroatoms. The Hall–Kier alpha value is -4.05. The molecule has 2 N–H and O–H groups in total. The van der Waals surface area contributed by atoms with E-state index in [2.05, 4.69) is 40.3 Å². The van der Waals surface area contributed by atoms with Crippen LogP contribution in [0.15, 0.2) is 97.6 Å². The predicted octanol–water partition coefficient (Wildman–Crippen LogP) is 5.53. The molecular formula is C26H20N4. The number of pyridine rings is 3. The van der Waals surface area contributed by atoms with Crippen molar-refractivity contribution in [2.24, 2.45) is 0 Å². The third kappa shape index (κ3) is 3.29. The lowest BCUT2D eigenvalue weighted by Gasteiger charge is -2.19. The number of aromatic nitrogens is 3. The molecule has 0 fully saturated rings. The number of nitrogens with zero attached hydrogens (tertiary/aromatic N) is 3. The van der Waals surface area contributed by atoms with E-state index in [-0.39, 0.29) is 0 Å². The van der Waals surface area contributed by atoms with Crippen LogP contribution >= 0.6 is 0 Å². The summed E-state index contributed by atoms with van der Waals surface area (Å²) in [6, 6.07) is 24.4. The fourth-order valence-electron chi connectivity index (χ4n) is 3.91. The summed E-state index contributed by atoms with van der Waals surface area (Å²) in [6.45, 7) is 0. The summed E-state index contributed by atoms with van der Waals surface area (Å²) in [5.74, 6) is 0. The molecule has 5 aromatic rings. The van der Waals surface area contributed by atoms with E-state index in [0.717, 1.165) is 39.7 Å². The Kier molecular flexibility index (Phi) is 4.66. The highest BCUT2D eigenvalue weighted by Gasteiger charge is 2.19. The van der Waals surface area contributed by atoms with E-state index in [9.17, 15) is 0 Å². The number of hydrogen-bond donors (Lipinski definition) is 1. The first-order chi connectivity index (χ1) is 14.8. The van der Waals surface area contributed by atoms with E-state index in [1.165, 1.54) is 11.1 Å². The van der Waals surface area contributed by atoms with Crippen LogP contribution in [0.25, 0.3) is 33.3 Å². The third-order valence-corrected chi connectivity index (χ3v) is 5.32. The largest absolute Gasteiger partial charge is 0.398 e. The maximum absolute atomic E-state index is 6.39. The number of benzene rings is 2. The molecule has 144 valence electrons. The van der Waals surface area contributed by atoms with Crippen molar-refractivity contribution in [1.82, 2.24) is 15.0 Å². The van der Waals surface area contributed by atoms with Crippen LogP contribution in [0.2, 0.25) is 0 Å². The molecule has 0 unspecified atom stereocenters. The highest BCUT2D eigenvalue weighted by Crippen LogP contribution is 2.40. The highest BCUT2D eigenvalue weighted by molar-refractivity contribution is 5.97. The number of para-hydroxylation sites is 2. The van der Waals surface area contributed by atoms with Gasteiger partial charge in [-0.1, -0.05) is 36.4 Å². The lowest BCUT2D eigenvalue weighted by molar-refractivity contribution is 1.17. The number of anilines is 1. The maximum atomic E-state index is 6.39. The van der Waals surface area contributed by atoms with Gasteiger partial charge < -0.3 is 5.73 Å². The number of nitrogen functional groups attached to an aromatic ring is 1. The lowest BCUT2D eigenvalue weighted by Crippen LogP contribution is -2.02. The molecule has 0 aliphatic rings. The van der Waals surface area contributed by atoms with Gasteiger partial charge >= 0.3 is 0 Å². The van der Waals surface area contributed by atoms with E-state index in [4.69, 9.17) is 10.7 Å². The van der Waals surface area contributed by atoms with Crippen LogP contribution in [0.5, 0.6) is 0 Å².